The van der Waals surface area contributed by atoms with Crippen LogP contribution >= 0.6 is 0 Å². The van der Waals surface area contributed by atoms with Gasteiger partial charge in [-0.1, -0.05) is 57.0 Å². The van der Waals surface area contributed by atoms with E-state index in [0.29, 0.717) is 13.2 Å². The fraction of sp³-hybridized carbons (Fsp3) is 0.571. The van der Waals surface area contributed by atoms with Crippen molar-refractivity contribution >= 4 is 14.0 Å². The van der Waals surface area contributed by atoms with Crippen molar-refractivity contribution in [3.05, 3.63) is 30.3 Å². The molecule has 0 unspecified atom stereocenters. The summed E-state index contributed by atoms with van der Waals surface area (Å²) in [5.74, 6) is 0. The highest BCUT2D eigenvalue weighted by Gasteiger charge is 2.39. The Morgan fingerprint density at radius 1 is 0.944 bits per heavy atom. The largest absolute Gasteiger partial charge is 0.534 e. The van der Waals surface area contributed by atoms with Crippen molar-refractivity contribution < 1.29 is 13.6 Å². The van der Waals surface area contributed by atoms with Crippen molar-refractivity contribution in [2.75, 3.05) is 13.2 Å². The van der Waals surface area contributed by atoms with Crippen LogP contribution in [0.1, 0.15) is 39.5 Å². The minimum atomic E-state index is -3.20. The quantitative estimate of drug-likeness (QED) is 0.552. The lowest BCUT2D eigenvalue weighted by Crippen LogP contribution is -2.54. The van der Waals surface area contributed by atoms with E-state index in [1.54, 1.807) is 0 Å². The summed E-state index contributed by atoms with van der Waals surface area (Å²) in [6.45, 7) is 5.31. The standard InChI is InChI=1S/C14H24O3Si/c1-3-5-12-16-18(15,17-13-6-4-2)14-10-8-7-9-11-14/h7-11,15H,3-6,12-13H2,1-2H3. The molecule has 0 aromatic heterocycles. The van der Waals surface area contributed by atoms with Crippen LogP contribution in [0.5, 0.6) is 0 Å². The second kappa shape index (κ2) is 8.42. The first-order valence-electron chi connectivity index (χ1n) is 6.78. The Morgan fingerprint density at radius 2 is 1.44 bits per heavy atom. The average molecular weight is 268 g/mol. The van der Waals surface area contributed by atoms with Gasteiger partial charge in [-0.25, -0.2) is 0 Å². The monoisotopic (exact) mass is 268 g/mol. The van der Waals surface area contributed by atoms with Gasteiger partial charge in [-0.05, 0) is 12.8 Å². The second-order valence-electron chi connectivity index (χ2n) is 4.35. The van der Waals surface area contributed by atoms with Crippen LogP contribution in [0.3, 0.4) is 0 Å². The maximum atomic E-state index is 10.6. The molecule has 0 amide bonds. The number of rotatable bonds is 9. The molecule has 102 valence electrons. The summed E-state index contributed by atoms with van der Waals surface area (Å²) in [7, 11) is -3.20. The lowest BCUT2D eigenvalue weighted by Gasteiger charge is -2.24. The number of benzene rings is 1. The predicted molar refractivity (Wildman–Crippen MR) is 75.8 cm³/mol. The lowest BCUT2D eigenvalue weighted by molar-refractivity contribution is 0.109. The van der Waals surface area contributed by atoms with E-state index in [-0.39, 0.29) is 0 Å². The molecule has 0 atom stereocenters. The molecular formula is C14H24O3Si. The topological polar surface area (TPSA) is 38.7 Å². The maximum Gasteiger partial charge on any atom is 0.534 e. The zero-order chi connectivity index (χ0) is 13.3. The molecular weight excluding hydrogens is 244 g/mol. The van der Waals surface area contributed by atoms with Crippen LogP contribution in [0, 0.1) is 0 Å². The van der Waals surface area contributed by atoms with E-state index in [4.69, 9.17) is 8.85 Å². The van der Waals surface area contributed by atoms with E-state index in [0.717, 1.165) is 30.9 Å². The van der Waals surface area contributed by atoms with Crippen molar-refractivity contribution in [3.63, 3.8) is 0 Å². The first-order chi connectivity index (χ1) is 8.73. The molecule has 0 heterocycles. The Morgan fingerprint density at radius 3 is 1.89 bits per heavy atom. The number of hydrogen-bond donors (Lipinski definition) is 1. The van der Waals surface area contributed by atoms with Gasteiger partial charge in [-0.15, -0.1) is 0 Å². The van der Waals surface area contributed by atoms with Crippen LogP contribution < -0.4 is 5.19 Å². The third kappa shape index (κ3) is 4.90. The zero-order valence-electron chi connectivity index (χ0n) is 11.4. The Balaban J connectivity index is 2.67. The minimum absolute atomic E-state index is 0.556. The third-order valence-electron chi connectivity index (χ3n) is 2.73. The molecule has 0 radical (unpaired) electrons. The molecule has 0 spiro atoms. The highest BCUT2D eigenvalue weighted by atomic mass is 28.4. The molecule has 0 saturated carbocycles. The summed E-state index contributed by atoms with van der Waals surface area (Å²) < 4.78 is 11.3. The molecule has 0 bridgehead atoms. The van der Waals surface area contributed by atoms with Crippen LogP contribution in [-0.2, 0) is 8.85 Å². The Hall–Kier alpha value is -0.683. The van der Waals surface area contributed by atoms with Crippen molar-refractivity contribution in [2.24, 2.45) is 0 Å². The number of hydrogen-bond acceptors (Lipinski definition) is 3. The first-order valence-corrected chi connectivity index (χ1v) is 8.55. The molecule has 1 aromatic rings. The summed E-state index contributed by atoms with van der Waals surface area (Å²) in [5.41, 5.74) is 0. The van der Waals surface area contributed by atoms with Gasteiger partial charge >= 0.3 is 8.80 Å². The van der Waals surface area contributed by atoms with Crippen LogP contribution in [0.25, 0.3) is 0 Å². The van der Waals surface area contributed by atoms with Crippen molar-refractivity contribution in [1.29, 1.82) is 0 Å². The van der Waals surface area contributed by atoms with Gasteiger partial charge in [0.25, 0.3) is 0 Å². The Labute approximate surface area is 111 Å². The highest BCUT2D eigenvalue weighted by Crippen LogP contribution is 2.07. The zero-order valence-corrected chi connectivity index (χ0v) is 12.4. The van der Waals surface area contributed by atoms with E-state index in [2.05, 4.69) is 13.8 Å². The predicted octanol–water partition coefficient (Wildman–Crippen LogP) is 2.46. The maximum absolute atomic E-state index is 10.6. The van der Waals surface area contributed by atoms with Gasteiger partial charge in [-0.2, -0.15) is 0 Å². The fourth-order valence-electron chi connectivity index (χ4n) is 1.57. The van der Waals surface area contributed by atoms with Gasteiger partial charge in [0.2, 0.25) is 0 Å². The van der Waals surface area contributed by atoms with Crippen LogP contribution in [-0.4, -0.2) is 26.8 Å². The molecule has 1 N–H and O–H groups in total. The van der Waals surface area contributed by atoms with Gasteiger partial charge in [0.05, 0.1) is 0 Å². The Kier molecular flexibility index (Phi) is 7.20. The van der Waals surface area contributed by atoms with Crippen molar-refractivity contribution in [1.82, 2.24) is 0 Å². The molecule has 0 fully saturated rings. The van der Waals surface area contributed by atoms with E-state index in [9.17, 15) is 4.80 Å². The Bertz CT molecular complexity index is 306. The summed E-state index contributed by atoms with van der Waals surface area (Å²) in [6.07, 6.45) is 3.99. The summed E-state index contributed by atoms with van der Waals surface area (Å²) in [6, 6.07) is 9.49. The summed E-state index contributed by atoms with van der Waals surface area (Å²) >= 11 is 0. The van der Waals surface area contributed by atoms with Gasteiger partial charge in [0.15, 0.2) is 0 Å². The molecule has 0 saturated heterocycles. The van der Waals surface area contributed by atoms with E-state index in [1.807, 2.05) is 30.3 Å². The normalized spacial score (nSPS) is 11.7. The molecule has 0 aliphatic carbocycles. The van der Waals surface area contributed by atoms with Crippen molar-refractivity contribution in [2.45, 2.75) is 39.5 Å². The van der Waals surface area contributed by atoms with Crippen LogP contribution in [0.4, 0.5) is 0 Å². The molecule has 3 nitrogen and oxygen atoms in total. The molecule has 18 heavy (non-hydrogen) atoms. The van der Waals surface area contributed by atoms with Crippen molar-refractivity contribution in [3.8, 4) is 0 Å². The lowest BCUT2D eigenvalue weighted by atomic mass is 10.4. The minimum Gasteiger partial charge on any atom is -0.386 e. The summed E-state index contributed by atoms with van der Waals surface area (Å²) in [4.78, 5) is 10.6. The fourth-order valence-corrected chi connectivity index (χ4v) is 3.44. The van der Waals surface area contributed by atoms with Gasteiger partial charge in [0, 0.05) is 18.4 Å². The highest BCUT2D eigenvalue weighted by molar-refractivity contribution is 6.74. The smallest absolute Gasteiger partial charge is 0.386 e. The molecule has 1 rings (SSSR count). The van der Waals surface area contributed by atoms with Crippen LogP contribution in [0.2, 0.25) is 0 Å². The molecule has 1 aromatic carbocycles. The number of unbranched alkanes of at least 4 members (excludes halogenated alkanes) is 2. The molecule has 4 heteroatoms. The van der Waals surface area contributed by atoms with Crippen LogP contribution in [0.15, 0.2) is 30.3 Å². The average Bonchev–Trinajstić information content (AvgIpc) is 2.40. The second-order valence-corrected chi connectivity index (χ2v) is 6.67. The molecule has 0 aliphatic rings. The SMILES string of the molecule is CCCCO[Si](O)(OCCCC)c1ccccc1. The third-order valence-corrected chi connectivity index (χ3v) is 4.98. The first kappa shape index (κ1) is 15.4. The molecule has 0 aliphatic heterocycles. The van der Waals surface area contributed by atoms with E-state index in [1.165, 1.54) is 0 Å². The van der Waals surface area contributed by atoms with E-state index >= 15 is 0 Å². The summed E-state index contributed by atoms with van der Waals surface area (Å²) in [5, 5.41) is 0.789. The van der Waals surface area contributed by atoms with Gasteiger partial charge < -0.3 is 13.6 Å². The van der Waals surface area contributed by atoms with Gasteiger partial charge in [-0.3, -0.25) is 0 Å². The van der Waals surface area contributed by atoms with Gasteiger partial charge in [0.1, 0.15) is 0 Å². The van der Waals surface area contributed by atoms with E-state index < -0.39 is 8.80 Å².